The number of aldehydes is 1. The number of halogens is 1. The molecule has 17 heavy (non-hydrogen) atoms. The lowest BCUT2D eigenvalue weighted by molar-refractivity contribution is -0.384. The molecular weight excluding hydrogens is 246 g/mol. The molecule has 0 saturated heterocycles. The van der Waals surface area contributed by atoms with Crippen LogP contribution in [0.15, 0.2) is 18.2 Å². The lowest BCUT2D eigenvalue weighted by Gasteiger charge is -2.02. The number of benzene rings is 1. The molecule has 5 nitrogen and oxygen atoms in total. The molecule has 0 radical (unpaired) electrons. The van der Waals surface area contributed by atoms with Crippen LogP contribution in [-0.4, -0.2) is 22.2 Å². The molecule has 0 amide bonds. The molecule has 0 atom stereocenters. The Morgan fingerprint density at radius 2 is 2.06 bits per heavy atom. The van der Waals surface area contributed by atoms with E-state index in [2.05, 4.69) is 0 Å². The van der Waals surface area contributed by atoms with Gasteiger partial charge in [-0.3, -0.25) is 14.9 Å². The zero-order valence-corrected chi connectivity index (χ0v) is 9.55. The molecule has 0 aromatic heterocycles. The predicted molar refractivity (Wildman–Crippen MR) is 64.5 cm³/mol. The van der Waals surface area contributed by atoms with E-state index >= 15 is 0 Å². The Bertz CT molecular complexity index is 471. The van der Waals surface area contributed by atoms with Crippen molar-refractivity contribution in [1.82, 2.24) is 0 Å². The summed E-state index contributed by atoms with van der Waals surface area (Å²) in [7, 11) is 0. The van der Waals surface area contributed by atoms with E-state index in [1.165, 1.54) is 12.1 Å². The van der Waals surface area contributed by atoms with Crippen LogP contribution in [0.5, 0.6) is 5.75 Å². The molecule has 6 heteroatoms. The Morgan fingerprint density at radius 1 is 1.41 bits per heavy atom. The van der Waals surface area contributed by atoms with Gasteiger partial charge in [-0.2, -0.15) is 0 Å². The van der Waals surface area contributed by atoms with E-state index in [-0.39, 0.29) is 22.6 Å². The molecule has 0 aliphatic heterocycles. The number of aromatic hydroxyl groups is 1. The minimum Gasteiger partial charge on any atom is -0.507 e. The summed E-state index contributed by atoms with van der Waals surface area (Å²) in [6.07, 6.45) is 4.11. The fraction of sp³-hybridized carbons (Fsp3) is 0.182. The number of nitro benzene ring substituents is 1. The van der Waals surface area contributed by atoms with Crippen molar-refractivity contribution in [3.05, 3.63) is 39.4 Å². The summed E-state index contributed by atoms with van der Waals surface area (Å²) in [4.78, 5) is 20.7. The SMILES string of the molecule is O=Cc1cc([N+](=O)[O-])cc(C=CCCCl)c1O. The summed E-state index contributed by atoms with van der Waals surface area (Å²) in [6.45, 7) is 0. The summed E-state index contributed by atoms with van der Waals surface area (Å²) < 4.78 is 0. The molecule has 0 heterocycles. The molecule has 0 unspecified atom stereocenters. The number of carbonyl (C=O) groups is 1. The van der Waals surface area contributed by atoms with Crippen molar-refractivity contribution in [2.24, 2.45) is 0 Å². The highest BCUT2D eigenvalue weighted by Crippen LogP contribution is 2.28. The van der Waals surface area contributed by atoms with Crippen molar-refractivity contribution in [3.8, 4) is 5.75 Å². The summed E-state index contributed by atoms with van der Waals surface area (Å²) in [5.74, 6) is 0.142. The van der Waals surface area contributed by atoms with Gasteiger partial charge >= 0.3 is 0 Å². The van der Waals surface area contributed by atoms with Crippen LogP contribution in [0.25, 0.3) is 6.08 Å². The van der Waals surface area contributed by atoms with Gasteiger partial charge in [0.25, 0.3) is 5.69 Å². The number of phenolic OH excluding ortho intramolecular Hbond substituents is 1. The smallest absolute Gasteiger partial charge is 0.271 e. The molecule has 1 rings (SSSR count). The van der Waals surface area contributed by atoms with E-state index in [0.29, 0.717) is 18.6 Å². The molecule has 1 aromatic rings. The van der Waals surface area contributed by atoms with Crippen LogP contribution in [0.2, 0.25) is 0 Å². The molecule has 0 aliphatic carbocycles. The van der Waals surface area contributed by atoms with E-state index < -0.39 is 4.92 Å². The van der Waals surface area contributed by atoms with Gasteiger partial charge in [0.1, 0.15) is 5.75 Å². The highest BCUT2D eigenvalue weighted by Gasteiger charge is 2.13. The highest BCUT2D eigenvalue weighted by molar-refractivity contribution is 6.17. The molecule has 0 bridgehead atoms. The van der Waals surface area contributed by atoms with Gasteiger partial charge < -0.3 is 5.11 Å². The zero-order chi connectivity index (χ0) is 12.8. The molecule has 1 aromatic carbocycles. The van der Waals surface area contributed by atoms with Gasteiger partial charge in [0.05, 0.1) is 10.5 Å². The number of non-ortho nitro benzene ring substituents is 1. The average molecular weight is 256 g/mol. The molecular formula is C11H10ClNO4. The molecule has 0 fully saturated rings. The fourth-order valence-electron chi connectivity index (χ4n) is 1.26. The van der Waals surface area contributed by atoms with Gasteiger partial charge in [0.15, 0.2) is 6.29 Å². The summed E-state index contributed by atoms with van der Waals surface area (Å²) in [6, 6.07) is 2.23. The van der Waals surface area contributed by atoms with E-state index in [1.54, 1.807) is 6.08 Å². The second kappa shape index (κ2) is 6.00. The van der Waals surface area contributed by atoms with Crippen LogP contribution in [0.4, 0.5) is 5.69 Å². The Labute approximate surface area is 102 Å². The third kappa shape index (κ3) is 3.29. The van der Waals surface area contributed by atoms with Gasteiger partial charge in [-0.15, -0.1) is 11.6 Å². The standard InChI is InChI=1S/C11H10ClNO4/c12-4-2-1-3-8-5-10(13(16)17)6-9(7-14)11(8)15/h1,3,5-7,15H,2,4H2. The second-order valence-electron chi connectivity index (χ2n) is 3.23. The maximum atomic E-state index is 10.7. The monoisotopic (exact) mass is 255 g/mol. The van der Waals surface area contributed by atoms with Crippen molar-refractivity contribution in [3.63, 3.8) is 0 Å². The van der Waals surface area contributed by atoms with Crippen LogP contribution in [-0.2, 0) is 0 Å². The third-order valence-corrected chi connectivity index (χ3v) is 2.28. The Morgan fingerprint density at radius 3 is 2.59 bits per heavy atom. The van der Waals surface area contributed by atoms with Crippen LogP contribution < -0.4 is 0 Å². The van der Waals surface area contributed by atoms with Crippen LogP contribution in [0.3, 0.4) is 0 Å². The number of alkyl halides is 1. The first kappa shape index (κ1) is 13.2. The maximum absolute atomic E-state index is 10.7. The predicted octanol–water partition coefficient (Wildman–Crippen LogP) is 2.76. The molecule has 1 N–H and O–H groups in total. The number of rotatable bonds is 5. The van der Waals surface area contributed by atoms with Crippen molar-refractivity contribution in [1.29, 1.82) is 0 Å². The quantitative estimate of drug-likeness (QED) is 0.380. The van der Waals surface area contributed by atoms with Crippen molar-refractivity contribution in [2.45, 2.75) is 6.42 Å². The minimum absolute atomic E-state index is 0.107. The van der Waals surface area contributed by atoms with Crippen molar-refractivity contribution >= 4 is 29.7 Å². The number of hydrogen-bond donors (Lipinski definition) is 1. The minimum atomic E-state index is -0.620. The van der Waals surface area contributed by atoms with E-state index in [4.69, 9.17) is 11.6 Å². The zero-order valence-electron chi connectivity index (χ0n) is 8.80. The van der Waals surface area contributed by atoms with Gasteiger partial charge in [-0.05, 0) is 6.42 Å². The number of nitrogens with zero attached hydrogens (tertiary/aromatic N) is 1. The summed E-state index contributed by atoms with van der Waals surface area (Å²) in [5, 5.41) is 20.3. The van der Waals surface area contributed by atoms with E-state index in [0.717, 1.165) is 6.07 Å². The van der Waals surface area contributed by atoms with Crippen LogP contribution >= 0.6 is 11.6 Å². The van der Waals surface area contributed by atoms with Gasteiger partial charge in [-0.1, -0.05) is 12.2 Å². The van der Waals surface area contributed by atoms with E-state index in [9.17, 15) is 20.0 Å². The first-order chi connectivity index (χ1) is 8.10. The van der Waals surface area contributed by atoms with Crippen molar-refractivity contribution in [2.75, 3.05) is 5.88 Å². The molecule has 90 valence electrons. The average Bonchev–Trinajstić information content (AvgIpc) is 2.31. The van der Waals surface area contributed by atoms with Crippen molar-refractivity contribution < 1.29 is 14.8 Å². The number of phenols is 1. The number of carbonyl (C=O) groups excluding carboxylic acids is 1. The first-order valence-electron chi connectivity index (χ1n) is 4.79. The normalized spacial score (nSPS) is 10.6. The summed E-state index contributed by atoms with van der Waals surface area (Å²) >= 11 is 5.47. The third-order valence-electron chi connectivity index (χ3n) is 2.06. The molecule has 0 spiro atoms. The Balaban J connectivity index is 3.22. The molecule has 0 aliphatic rings. The molecule has 0 saturated carbocycles. The number of allylic oxidation sites excluding steroid dienone is 1. The number of nitro groups is 1. The Hall–Kier alpha value is -1.88. The topological polar surface area (TPSA) is 80.4 Å². The lowest BCUT2D eigenvalue weighted by Crippen LogP contribution is -1.92. The largest absolute Gasteiger partial charge is 0.507 e. The van der Waals surface area contributed by atoms with Gasteiger partial charge in [0.2, 0.25) is 0 Å². The first-order valence-corrected chi connectivity index (χ1v) is 5.32. The van der Waals surface area contributed by atoms with Gasteiger partial charge in [0, 0.05) is 23.6 Å². The van der Waals surface area contributed by atoms with Gasteiger partial charge in [-0.25, -0.2) is 0 Å². The lowest BCUT2D eigenvalue weighted by atomic mass is 10.1. The number of hydrogen-bond acceptors (Lipinski definition) is 4. The highest BCUT2D eigenvalue weighted by atomic mass is 35.5. The second-order valence-corrected chi connectivity index (χ2v) is 3.61. The van der Waals surface area contributed by atoms with E-state index in [1.807, 2.05) is 0 Å². The fourth-order valence-corrected chi connectivity index (χ4v) is 1.39. The van der Waals surface area contributed by atoms with Crippen LogP contribution in [0, 0.1) is 10.1 Å². The summed E-state index contributed by atoms with van der Waals surface area (Å²) in [5.41, 5.74) is -0.119. The maximum Gasteiger partial charge on any atom is 0.271 e. The van der Waals surface area contributed by atoms with Crippen LogP contribution in [0.1, 0.15) is 22.3 Å². The Kier molecular flexibility index (Phi) is 4.66.